The van der Waals surface area contributed by atoms with Gasteiger partial charge in [-0.1, -0.05) is 67.6 Å². The normalized spacial score (nSPS) is 10.9. The maximum absolute atomic E-state index is 12.9. The van der Waals surface area contributed by atoms with Crippen molar-refractivity contribution in [2.45, 2.75) is 38.0 Å². The van der Waals surface area contributed by atoms with Gasteiger partial charge in [-0.2, -0.15) is 0 Å². The molecule has 0 aliphatic heterocycles. The maximum Gasteiger partial charge on any atom is 0.262 e. The molecule has 0 aliphatic carbocycles. The van der Waals surface area contributed by atoms with Gasteiger partial charge in [-0.05, 0) is 24.1 Å². The molecule has 1 amide bonds. The molecule has 146 valence electrons. The van der Waals surface area contributed by atoms with E-state index in [9.17, 15) is 9.59 Å². The van der Waals surface area contributed by atoms with Crippen LogP contribution >= 0.6 is 11.8 Å². The molecule has 0 saturated heterocycles. The first kappa shape index (κ1) is 20.1. The molecule has 3 rings (SSSR count). The number of para-hydroxylation sites is 1. The van der Waals surface area contributed by atoms with E-state index in [1.807, 2.05) is 48.5 Å². The van der Waals surface area contributed by atoms with Gasteiger partial charge in [0.1, 0.15) is 0 Å². The van der Waals surface area contributed by atoms with E-state index in [-0.39, 0.29) is 17.2 Å². The molecule has 0 bridgehead atoms. The van der Waals surface area contributed by atoms with Crippen molar-refractivity contribution < 1.29 is 4.79 Å². The van der Waals surface area contributed by atoms with E-state index in [0.717, 1.165) is 18.4 Å². The zero-order valence-electron chi connectivity index (χ0n) is 16.3. The van der Waals surface area contributed by atoms with Crippen LogP contribution in [0.1, 0.15) is 25.3 Å². The van der Waals surface area contributed by atoms with Crippen molar-refractivity contribution in [2.24, 2.45) is 0 Å². The fourth-order valence-electron chi connectivity index (χ4n) is 2.95. The summed E-state index contributed by atoms with van der Waals surface area (Å²) in [6, 6.07) is 17.3. The Morgan fingerprint density at radius 2 is 1.82 bits per heavy atom. The molecule has 0 aliphatic rings. The van der Waals surface area contributed by atoms with Crippen molar-refractivity contribution >= 4 is 28.6 Å². The second-order valence-electron chi connectivity index (χ2n) is 6.75. The van der Waals surface area contributed by atoms with Gasteiger partial charge in [0.2, 0.25) is 5.91 Å². The summed E-state index contributed by atoms with van der Waals surface area (Å²) in [4.78, 5) is 31.8. The van der Waals surface area contributed by atoms with Crippen molar-refractivity contribution in [3.8, 4) is 0 Å². The Bertz CT molecular complexity index is 1000. The van der Waals surface area contributed by atoms with Gasteiger partial charge in [0.15, 0.2) is 5.16 Å². The Balaban J connectivity index is 1.77. The molecule has 28 heavy (non-hydrogen) atoms. The molecule has 5 nitrogen and oxygen atoms in total. The van der Waals surface area contributed by atoms with E-state index < -0.39 is 0 Å². The van der Waals surface area contributed by atoms with E-state index in [0.29, 0.717) is 29.1 Å². The van der Waals surface area contributed by atoms with E-state index >= 15 is 0 Å². The topological polar surface area (TPSA) is 55.2 Å². The van der Waals surface area contributed by atoms with Crippen molar-refractivity contribution in [3.63, 3.8) is 0 Å². The van der Waals surface area contributed by atoms with Crippen LogP contribution in [0, 0.1) is 0 Å². The van der Waals surface area contributed by atoms with Crippen molar-refractivity contribution in [2.75, 3.05) is 12.8 Å². The first-order valence-corrected chi connectivity index (χ1v) is 10.5. The number of aromatic nitrogens is 2. The smallest absolute Gasteiger partial charge is 0.262 e. The molecule has 1 aromatic heterocycles. The molecule has 0 saturated carbocycles. The monoisotopic (exact) mass is 395 g/mol. The summed E-state index contributed by atoms with van der Waals surface area (Å²) in [6.45, 7) is 3.27. The van der Waals surface area contributed by atoms with Gasteiger partial charge in [0.25, 0.3) is 5.56 Å². The first-order valence-electron chi connectivity index (χ1n) is 9.50. The number of carbonyl (C=O) groups is 1. The van der Waals surface area contributed by atoms with Gasteiger partial charge in [-0.3, -0.25) is 14.2 Å². The summed E-state index contributed by atoms with van der Waals surface area (Å²) >= 11 is 1.33. The Morgan fingerprint density at radius 3 is 2.57 bits per heavy atom. The number of hydrogen-bond donors (Lipinski definition) is 0. The third kappa shape index (κ3) is 4.81. The summed E-state index contributed by atoms with van der Waals surface area (Å²) < 4.78 is 1.71. The van der Waals surface area contributed by atoms with Gasteiger partial charge in [0, 0.05) is 20.1 Å². The van der Waals surface area contributed by atoms with Crippen LogP contribution in [0.4, 0.5) is 0 Å². The minimum Gasteiger partial charge on any atom is -0.341 e. The average molecular weight is 396 g/mol. The fraction of sp³-hybridized carbons (Fsp3) is 0.318. The quantitative estimate of drug-likeness (QED) is 0.428. The van der Waals surface area contributed by atoms with Crippen molar-refractivity contribution in [3.05, 3.63) is 70.5 Å². The van der Waals surface area contributed by atoms with Gasteiger partial charge in [-0.25, -0.2) is 4.98 Å². The zero-order valence-corrected chi connectivity index (χ0v) is 17.1. The third-order valence-electron chi connectivity index (χ3n) is 4.57. The minimum atomic E-state index is -0.0355. The summed E-state index contributed by atoms with van der Waals surface area (Å²) in [6.07, 6.45) is 1.89. The Labute approximate surface area is 169 Å². The molecule has 0 spiro atoms. The highest BCUT2D eigenvalue weighted by Crippen LogP contribution is 2.19. The number of fused-ring (bicyclic) bond motifs is 1. The Morgan fingerprint density at radius 1 is 1.11 bits per heavy atom. The molecule has 0 fully saturated rings. The molecule has 1 heterocycles. The van der Waals surface area contributed by atoms with Crippen molar-refractivity contribution in [1.82, 2.24) is 14.5 Å². The van der Waals surface area contributed by atoms with Crippen LogP contribution in [0.3, 0.4) is 0 Å². The van der Waals surface area contributed by atoms with Gasteiger partial charge < -0.3 is 4.90 Å². The van der Waals surface area contributed by atoms with Crippen LogP contribution in [0.15, 0.2) is 64.5 Å². The zero-order chi connectivity index (χ0) is 19.9. The number of amides is 1. The summed E-state index contributed by atoms with van der Waals surface area (Å²) in [5.74, 6) is 0.263. The molecule has 0 radical (unpaired) electrons. The number of carbonyl (C=O) groups excluding carboxylic acids is 1. The number of nitrogens with zero attached hydrogens (tertiary/aromatic N) is 3. The second-order valence-corrected chi connectivity index (χ2v) is 7.69. The summed E-state index contributed by atoms with van der Waals surface area (Å²) in [5, 5.41) is 1.23. The largest absolute Gasteiger partial charge is 0.341 e. The Kier molecular flexibility index (Phi) is 6.87. The number of hydrogen-bond acceptors (Lipinski definition) is 4. The lowest BCUT2D eigenvalue weighted by molar-refractivity contribution is -0.127. The third-order valence-corrected chi connectivity index (χ3v) is 5.54. The fourth-order valence-corrected chi connectivity index (χ4v) is 3.92. The van der Waals surface area contributed by atoms with Crippen LogP contribution < -0.4 is 5.56 Å². The molecule has 2 aromatic carbocycles. The highest BCUT2D eigenvalue weighted by molar-refractivity contribution is 7.99. The van der Waals surface area contributed by atoms with Crippen LogP contribution in [0.25, 0.3) is 10.9 Å². The van der Waals surface area contributed by atoms with Crippen LogP contribution in [-0.2, 0) is 17.9 Å². The number of rotatable bonds is 8. The molecule has 0 N–H and O–H groups in total. The lowest BCUT2D eigenvalue weighted by Gasteiger charge is -2.18. The predicted molar refractivity (Wildman–Crippen MR) is 115 cm³/mol. The summed E-state index contributed by atoms with van der Waals surface area (Å²) in [7, 11) is 1.80. The summed E-state index contributed by atoms with van der Waals surface area (Å²) in [5.41, 5.74) is 1.73. The van der Waals surface area contributed by atoms with Crippen LogP contribution in [-0.4, -0.2) is 33.2 Å². The molecule has 0 atom stereocenters. The molecular formula is C22H25N3O2S. The standard InChI is InChI=1S/C22H25N3O2S/c1-3-4-14-25-21(27)18-12-8-9-13-19(18)23-22(25)28-16-20(26)24(2)15-17-10-6-5-7-11-17/h5-13H,3-4,14-16H2,1-2H3. The molecule has 3 aromatic rings. The maximum atomic E-state index is 12.9. The lowest BCUT2D eigenvalue weighted by atomic mass is 10.2. The molecule has 6 heteroatoms. The molecular weight excluding hydrogens is 370 g/mol. The van der Waals surface area contributed by atoms with E-state index in [1.165, 1.54) is 11.8 Å². The number of unbranched alkanes of at least 4 members (excludes halogenated alkanes) is 1. The van der Waals surface area contributed by atoms with E-state index in [1.54, 1.807) is 22.6 Å². The first-order chi connectivity index (χ1) is 13.6. The average Bonchev–Trinajstić information content (AvgIpc) is 2.72. The molecule has 0 unspecified atom stereocenters. The van der Waals surface area contributed by atoms with Crippen LogP contribution in [0.2, 0.25) is 0 Å². The lowest BCUT2D eigenvalue weighted by Crippen LogP contribution is -2.29. The van der Waals surface area contributed by atoms with Crippen molar-refractivity contribution in [1.29, 1.82) is 0 Å². The number of thioether (sulfide) groups is 1. The van der Waals surface area contributed by atoms with E-state index in [4.69, 9.17) is 0 Å². The SMILES string of the molecule is CCCCn1c(SCC(=O)N(C)Cc2ccccc2)nc2ccccc2c1=O. The van der Waals surface area contributed by atoms with Gasteiger partial charge in [0.05, 0.1) is 16.7 Å². The Hall–Kier alpha value is -2.60. The minimum absolute atomic E-state index is 0.0123. The van der Waals surface area contributed by atoms with Crippen LogP contribution in [0.5, 0.6) is 0 Å². The van der Waals surface area contributed by atoms with Gasteiger partial charge >= 0.3 is 0 Å². The number of benzene rings is 2. The van der Waals surface area contributed by atoms with E-state index in [2.05, 4.69) is 11.9 Å². The van der Waals surface area contributed by atoms with Gasteiger partial charge in [-0.15, -0.1) is 0 Å². The highest BCUT2D eigenvalue weighted by Gasteiger charge is 2.15. The predicted octanol–water partition coefficient (Wildman–Crippen LogP) is 3.95. The second kappa shape index (κ2) is 9.55. The highest BCUT2D eigenvalue weighted by atomic mass is 32.2.